The van der Waals surface area contributed by atoms with Gasteiger partial charge in [0.05, 0.1) is 12.8 Å². The first kappa shape index (κ1) is 27.9. The van der Waals surface area contributed by atoms with Gasteiger partial charge in [0.25, 0.3) is 5.91 Å². The number of amides is 1. The minimum absolute atomic E-state index is 0.0850. The number of nitrogens with zero attached hydrogens (tertiary/aromatic N) is 3. The quantitative estimate of drug-likeness (QED) is 0.231. The van der Waals surface area contributed by atoms with E-state index in [0.717, 1.165) is 16.9 Å². The van der Waals surface area contributed by atoms with Gasteiger partial charge in [0.1, 0.15) is 17.2 Å². The summed E-state index contributed by atoms with van der Waals surface area (Å²) < 4.78 is 11.6. The Balaban J connectivity index is 1.86. The molecule has 0 fully saturated rings. The summed E-state index contributed by atoms with van der Waals surface area (Å²) in [5.41, 5.74) is 3.23. The largest absolute Gasteiger partial charge is 0.497 e. The van der Waals surface area contributed by atoms with E-state index >= 15 is 0 Å². The molecule has 1 unspecified atom stereocenters. The number of rotatable bonds is 7. The van der Waals surface area contributed by atoms with E-state index in [2.05, 4.69) is 46.0 Å². The van der Waals surface area contributed by atoms with Gasteiger partial charge in [0.2, 0.25) is 14.5 Å². The maximum absolute atomic E-state index is 14.0. The first-order chi connectivity index (χ1) is 17.7. The number of aliphatic imine (C=N–C) groups is 2. The molecule has 2 aliphatic heterocycles. The van der Waals surface area contributed by atoms with Crippen molar-refractivity contribution in [3.05, 3.63) is 77.2 Å². The molecule has 0 saturated heterocycles. The van der Waals surface area contributed by atoms with Crippen molar-refractivity contribution in [2.75, 3.05) is 7.11 Å². The molecule has 1 atom stereocenters. The van der Waals surface area contributed by atoms with E-state index in [-0.39, 0.29) is 10.9 Å². The van der Waals surface area contributed by atoms with Gasteiger partial charge in [-0.3, -0.25) is 14.3 Å². The zero-order chi connectivity index (χ0) is 27.9. The van der Waals surface area contributed by atoms with Crippen molar-refractivity contribution in [3.63, 3.8) is 0 Å². The smallest absolute Gasteiger partial charge is 0.277 e. The molecule has 7 nitrogen and oxygen atoms in total. The van der Waals surface area contributed by atoms with Gasteiger partial charge in [-0.1, -0.05) is 71.9 Å². The van der Waals surface area contributed by atoms with Gasteiger partial charge >= 0.3 is 0 Å². The Morgan fingerprint density at radius 1 is 0.921 bits per heavy atom. The summed E-state index contributed by atoms with van der Waals surface area (Å²) in [4.78, 5) is 31.8. The number of carbonyl (C=O) groups is 1. The Bertz CT molecular complexity index is 1280. The highest BCUT2D eigenvalue weighted by Crippen LogP contribution is 2.40. The van der Waals surface area contributed by atoms with Crippen LogP contribution in [0.4, 0.5) is 0 Å². The molecule has 2 aromatic rings. The van der Waals surface area contributed by atoms with Gasteiger partial charge in [0.15, 0.2) is 5.82 Å². The predicted octanol–water partition coefficient (Wildman–Crippen LogP) is 6.52. The lowest BCUT2D eigenvalue weighted by atomic mass is 9.89. The zero-order valence-corrected chi connectivity index (χ0v) is 25.0. The van der Waals surface area contributed by atoms with E-state index < -0.39 is 20.0 Å². The molecular formula is C30H39N3O4Si. The molecule has 2 heterocycles. The lowest BCUT2D eigenvalue weighted by molar-refractivity contribution is -0.264. The summed E-state index contributed by atoms with van der Waals surface area (Å²) in [6.07, 6.45) is -0.362. The summed E-state index contributed by atoms with van der Waals surface area (Å²) >= 11 is 0. The molecule has 4 rings (SSSR count). The third-order valence-corrected chi connectivity index (χ3v) is 11.4. The maximum atomic E-state index is 14.0. The average molecular weight is 534 g/mol. The van der Waals surface area contributed by atoms with Crippen molar-refractivity contribution in [3.8, 4) is 5.75 Å². The molecule has 8 heteroatoms. The molecule has 0 bridgehead atoms. The third-order valence-electron chi connectivity index (χ3n) is 7.31. The molecule has 2 aliphatic rings. The fourth-order valence-electron chi connectivity index (χ4n) is 3.96. The second kappa shape index (κ2) is 10.2. The van der Waals surface area contributed by atoms with Gasteiger partial charge in [0, 0.05) is 17.4 Å². The Kier molecular flexibility index (Phi) is 7.53. The molecule has 0 aromatic heterocycles. The first-order valence-corrected chi connectivity index (χ1v) is 15.9. The van der Waals surface area contributed by atoms with Crippen LogP contribution in [0.15, 0.2) is 76.1 Å². The van der Waals surface area contributed by atoms with E-state index in [1.54, 1.807) is 12.0 Å². The second-order valence-corrected chi connectivity index (χ2v) is 17.0. The van der Waals surface area contributed by atoms with Crippen molar-refractivity contribution < 1.29 is 19.0 Å². The molecule has 0 radical (unpaired) electrons. The molecule has 0 saturated carbocycles. The van der Waals surface area contributed by atoms with E-state index in [1.165, 1.54) is 0 Å². The number of allylic oxidation sites excluding steroid dienone is 1. The fourth-order valence-corrected chi connectivity index (χ4v) is 4.54. The molecule has 202 valence electrons. The minimum Gasteiger partial charge on any atom is -0.497 e. The van der Waals surface area contributed by atoms with E-state index in [9.17, 15) is 4.79 Å². The molecule has 1 amide bonds. The monoisotopic (exact) mass is 533 g/mol. The molecule has 0 aliphatic carbocycles. The molecule has 0 spiro atoms. The highest BCUT2D eigenvalue weighted by atomic mass is 28.4. The number of benzene rings is 2. The van der Waals surface area contributed by atoms with Crippen LogP contribution < -0.4 is 4.74 Å². The Hall–Kier alpha value is -3.07. The van der Waals surface area contributed by atoms with Crippen LogP contribution in [-0.2, 0) is 20.7 Å². The molecule has 0 N–H and O–H groups in total. The van der Waals surface area contributed by atoms with E-state index in [4.69, 9.17) is 24.2 Å². The standard InChI is InChI=1S/C30H39N3O4Si/c1-29(2,3)25-27(34)33-26(32-25)23(19-20-13-11-10-12-14-20)31-24(21-15-17-22(35-7)18-16-21)28(33)36-37-38(8,9)30(4,5)6/h10-18,28H,19H2,1-9H3. The van der Waals surface area contributed by atoms with Crippen molar-refractivity contribution in [1.82, 2.24) is 4.90 Å². The van der Waals surface area contributed by atoms with Crippen molar-refractivity contribution >= 4 is 25.6 Å². The highest BCUT2D eigenvalue weighted by molar-refractivity contribution is 6.73. The van der Waals surface area contributed by atoms with Gasteiger partial charge in [-0.25, -0.2) is 14.9 Å². The van der Waals surface area contributed by atoms with Crippen LogP contribution in [0.25, 0.3) is 0 Å². The van der Waals surface area contributed by atoms with Crippen LogP contribution >= 0.6 is 0 Å². The summed E-state index contributed by atoms with van der Waals surface area (Å²) in [5.74, 6) is 1.06. The number of carbonyl (C=O) groups excluding carboxylic acids is 1. The molecule has 2 aromatic carbocycles. The average Bonchev–Trinajstić information content (AvgIpc) is 3.21. The zero-order valence-electron chi connectivity index (χ0n) is 24.0. The van der Waals surface area contributed by atoms with Crippen LogP contribution in [0.2, 0.25) is 18.1 Å². The third kappa shape index (κ3) is 5.53. The van der Waals surface area contributed by atoms with Gasteiger partial charge in [-0.05, 0) is 48.0 Å². The highest BCUT2D eigenvalue weighted by Gasteiger charge is 2.48. The number of hydrogen-bond acceptors (Lipinski definition) is 6. The van der Waals surface area contributed by atoms with Crippen molar-refractivity contribution in [2.24, 2.45) is 15.4 Å². The minimum atomic E-state index is -2.32. The van der Waals surface area contributed by atoms with Gasteiger partial charge in [-0.15, -0.1) is 0 Å². The SMILES string of the molecule is COc1ccc(C2=NC(Cc3ccccc3)=C3N=C(C(C)(C)C)C(=O)N3C2OO[Si](C)(C)C(C)(C)C)cc1. The molecular weight excluding hydrogens is 494 g/mol. The predicted molar refractivity (Wildman–Crippen MR) is 154 cm³/mol. The molecule has 38 heavy (non-hydrogen) atoms. The Labute approximate surface area is 227 Å². The first-order valence-electron chi connectivity index (χ1n) is 13.0. The summed E-state index contributed by atoms with van der Waals surface area (Å²) in [5, 5.41) is -0.0850. The topological polar surface area (TPSA) is 72.7 Å². The Morgan fingerprint density at radius 2 is 1.55 bits per heavy atom. The number of methoxy groups -OCH3 is 1. The lowest BCUT2D eigenvalue weighted by Crippen LogP contribution is -2.51. The number of ether oxygens (including phenoxy) is 1. The Morgan fingerprint density at radius 3 is 2.11 bits per heavy atom. The number of fused-ring (bicyclic) bond motifs is 1. The van der Waals surface area contributed by atoms with Crippen molar-refractivity contribution in [1.29, 1.82) is 0 Å². The van der Waals surface area contributed by atoms with E-state index in [1.807, 2.05) is 63.2 Å². The van der Waals surface area contributed by atoms with Crippen LogP contribution in [0.3, 0.4) is 0 Å². The van der Waals surface area contributed by atoms with Crippen LogP contribution in [0, 0.1) is 5.41 Å². The number of hydrogen-bond donors (Lipinski definition) is 0. The van der Waals surface area contributed by atoms with Crippen LogP contribution in [0.1, 0.15) is 52.7 Å². The summed E-state index contributed by atoms with van der Waals surface area (Å²) in [6, 6.07) is 17.7. The van der Waals surface area contributed by atoms with E-state index in [0.29, 0.717) is 29.4 Å². The summed E-state index contributed by atoms with van der Waals surface area (Å²) in [7, 11) is -0.688. The lowest BCUT2D eigenvalue weighted by Gasteiger charge is -2.38. The fraction of sp³-hybridized carbons (Fsp3) is 0.433. The van der Waals surface area contributed by atoms with Gasteiger partial charge in [-0.2, -0.15) is 0 Å². The van der Waals surface area contributed by atoms with Crippen molar-refractivity contribution in [2.45, 2.75) is 72.3 Å². The normalized spacial score (nSPS) is 18.4. The maximum Gasteiger partial charge on any atom is 0.277 e. The van der Waals surface area contributed by atoms with Crippen LogP contribution in [-0.4, -0.2) is 43.9 Å². The van der Waals surface area contributed by atoms with Gasteiger partial charge < -0.3 is 4.74 Å². The van der Waals surface area contributed by atoms with Crippen LogP contribution in [0.5, 0.6) is 5.75 Å². The summed E-state index contributed by atoms with van der Waals surface area (Å²) in [6.45, 7) is 16.6. The second-order valence-electron chi connectivity index (χ2n) is 12.3.